The molecule has 0 aromatic rings. The molecule has 7 nitrogen and oxygen atoms in total. The molecule has 7 heteroatoms. The maximum absolute atomic E-state index is 12.2. The third-order valence-corrected chi connectivity index (χ3v) is 5.67. The summed E-state index contributed by atoms with van der Waals surface area (Å²) in [6.45, 7) is 1.90. The number of hydrogen-bond acceptors (Lipinski definition) is 3. The van der Waals surface area contributed by atoms with E-state index in [4.69, 9.17) is 0 Å². The first-order valence-corrected chi connectivity index (χ1v) is 9.54. The van der Waals surface area contributed by atoms with E-state index < -0.39 is 17.4 Å². The predicted molar refractivity (Wildman–Crippen MR) is 94.2 cm³/mol. The Labute approximate surface area is 149 Å². The third-order valence-electron chi connectivity index (χ3n) is 5.67. The first kappa shape index (κ1) is 19.5. The minimum atomic E-state index is -1.19. The van der Waals surface area contributed by atoms with E-state index in [2.05, 4.69) is 22.9 Å². The van der Waals surface area contributed by atoms with E-state index in [0.29, 0.717) is 18.8 Å². The molecule has 0 aromatic heterocycles. The number of carboxylic acids is 1. The molecule has 2 saturated carbocycles. The van der Waals surface area contributed by atoms with Crippen LogP contribution in [0.1, 0.15) is 71.1 Å². The van der Waals surface area contributed by atoms with E-state index in [1.54, 1.807) is 0 Å². The molecule has 3 amide bonds. The van der Waals surface area contributed by atoms with Crippen molar-refractivity contribution in [3.8, 4) is 0 Å². The van der Waals surface area contributed by atoms with Crippen LogP contribution in [-0.4, -0.2) is 41.1 Å². The molecule has 142 valence electrons. The van der Waals surface area contributed by atoms with Crippen molar-refractivity contribution in [3.05, 3.63) is 0 Å². The highest BCUT2D eigenvalue weighted by Crippen LogP contribution is 2.34. The molecule has 25 heavy (non-hydrogen) atoms. The summed E-state index contributed by atoms with van der Waals surface area (Å²) in [5, 5.41) is 17.6. The summed E-state index contributed by atoms with van der Waals surface area (Å²) < 4.78 is 0. The van der Waals surface area contributed by atoms with Crippen LogP contribution < -0.4 is 16.0 Å². The summed E-state index contributed by atoms with van der Waals surface area (Å²) in [6.07, 6.45) is 8.92. The van der Waals surface area contributed by atoms with Crippen molar-refractivity contribution in [2.75, 3.05) is 6.54 Å². The monoisotopic (exact) mass is 353 g/mol. The SMILES string of the molecule is CCC1CCC(NC(=O)CNC(=O)NC2CCCCC2)(C(=O)O)CC1. The fourth-order valence-corrected chi connectivity index (χ4v) is 3.93. The van der Waals surface area contributed by atoms with Gasteiger partial charge in [0.05, 0.1) is 6.54 Å². The molecule has 2 rings (SSSR count). The number of amides is 3. The molecule has 0 aromatic carbocycles. The molecule has 0 saturated heterocycles. The molecule has 0 heterocycles. The van der Waals surface area contributed by atoms with Crippen LogP contribution in [0.5, 0.6) is 0 Å². The fraction of sp³-hybridized carbons (Fsp3) is 0.833. The zero-order valence-electron chi connectivity index (χ0n) is 15.1. The van der Waals surface area contributed by atoms with Gasteiger partial charge in [-0.3, -0.25) is 4.79 Å². The van der Waals surface area contributed by atoms with Crippen LogP contribution in [0.25, 0.3) is 0 Å². The van der Waals surface area contributed by atoms with Gasteiger partial charge in [0.1, 0.15) is 5.54 Å². The number of carbonyl (C=O) groups excluding carboxylic acids is 2. The van der Waals surface area contributed by atoms with Gasteiger partial charge in [-0.25, -0.2) is 9.59 Å². The Morgan fingerprint density at radius 2 is 1.68 bits per heavy atom. The average Bonchev–Trinajstić information content (AvgIpc) is 2.61. The molecule has 2 aliphatic rings. The van der Waals surface area contributed by atoms with Gasteiger partial charge >= 0.3 is 12.0 Å². The Bertz CT molecular complexity index is 481. The van der Waals surface area contributed by atoms with Gasteiger partial charge in [-0.15, -0.1) is 0 Å². The van der Waals surface area contributed by atoms with Crippen molar-refractivity contribution in [2.24, 2.45) is 5.92 Å². The normalized spacial score (nSPS) is 27.3. The first-order valence-electron chi connectivity index (χ1n) is 9.54. The fourth-order valence-electron chi connectivity index (χ4n) is 3.93. The highest BCUT2D eigenvalue weighted by molar-refractivity contribution is 5.89. The highest BCUT2D eigenvalue weighted by atomic mass is 16.4. The van der Waals surface area contributed by atoms with Gasteiger partial charge in [0.15, 0.2) is 0 Å². The van der Waals surface area contributed by atoms with Gasteiger partial charge in [0.25, 0.3) is 0 Å². The van der Waals surface area contributed by atoms with E-state index in [-0.39, 0.29) is 18.6 Å². The first-order chi connectivity index (χ1) is 11.9. The maximum atomic E-state index is 12.2. The number of nitrogens with one attached hydrogen (secondary N) is 3. The number of carboxylic acid groups (broad SMARTS) is 1. The number of rotatable bonds is 6. The number of carbonyl (C=O) groups is 3. The maximum Gasteiger partial charge on any atom is 0.329 e. The lowest BCUT2D eigenvalue weighted by molar-refractivity contribution is -0.149. The Balaban J connectivity index is 1.77. The second kappa shape index (κ2) is 9.06. The summed E-state index contributed by atoms with van der Waals surface area (Å²) >= 11 is 0. The van der Waals surface area contributed by atoms with E-state index in [0.717, 1.165) is 44.9 Å². The predicted octanol–water partition coefficient (Wildman–Crippen LogP) is 2.16. The standard InChI is InChI=1S/C18H31N3O4/c1-2-13-8-10-18(11-9-13,16(23)24)21-15(22)12-19-17(25)20-14-6-4-3-5-7-14/h13-14H,2-12H2,1H3,(H,21,22)(H,23,24)(H2,19,20,25). The van der Waals surface area contributed by atoms with Crippen LogP contribution in [0.2, 0.25) is 0 Å². The smallest absolute Gasteiger partial charge is 0.329 e. The molecule has 0 spiro atoms. The Morgan fingerprint density at radius 1 is 1.04 bits per heavy atom. The van der Waals surface area contributed by atoms with E-state index in [1.165, 1.54) is 6.42 Å². The molecule has 0 aliphatic heterocycles. The van der Waals surface area contributed by atoms with Crippen LogP contribution in [0.15, 0.2) is 0 Å². The van der Waals surface area contributed by atoms with Crippen LogP contribution in [0.3, 0.4) is 0 Å². The molecule has 2 fully saturated rings. The molecule has 0 atom stereocenters. The summed E-state index contributed by atoms with van der Waals surface area (Å²) in [7, 11) is 0. The quantitative estimate of drug-likeness (QED) is 0.587. The second-order valence-corrected chi connectivity index (χ2v) is 7.45. The van der Waals surface area contributed by atoms with Crippen molar-refractivity contribution in [1.29, 1.82) is 0 Å². The van der Waals surface area contributed by atoms with E-state index in [1.807, 2.05) is 0 Å². The van der Waals surface area contributed by atoms with Crippen molar-refractivity contribution in [3.63, 3.8) is 0 Å². The molecule has 0 bridgehead atoms. The molecular weight excluding hydrogens is 322 g/mol. The molecule has 4 N–H and O–H groups in total. The summed E-state index contributed by atoms with van der Waals surface area (Å²) in [5.74, 6) is -0.901. The van der Waals surface area contributed by atoms with Crippen molar-refractivity contribution in [1.82, 2.24) is 16.0 Å². The van der Waals surface area contributed by atoms with Gasteiger partial charge < -0.3 is 21.1 Å². The molecule has 0 unspecified atom stereocenters. The van der Waals surface area contributed by atoms with E-state index >= 15 is 0 Å². The molecule has 0 radical (unpaired) electrons. The minimum Gasteiger partial charge on any atom is -0.480 e. The second-order valence-electron chi connectivity index (χ2n) is 7.45. The lowest BCUT2D eigenvalue weighted by atomic mass is 9.75. The highest BCUT2D eigenvalue weighted by Gasteiger charge is 2.42. The Morgan fingerprint density at radius 3 is 2.24 bits per heavy atom. The lowest BCUT2D eigenvalue weighted by Crippen LogP contribution is -2.58. The summed E-state index contributed by atoms with van der Waals surface area (Å²) in [6, 6.07) is -0.187. The van der Waals surface area contributed by atoms with Crippen LogP contribution >= 0.6 is 0 Å². The molecule has 2 aliphatic carbocycles. The van der Waals surface area contributed by atoms with Crippen molar-refractivity contribution < 1.29 is 19.5 Å². The molecular formula is C18H31N3O4. The number of urea groups is 1. The van der Waals surface area contributed by atoms with Gasteiger partial charge in [0, 0.05) is 6.04 Å². The lowest BCUT2D eigenvalue weighted by Gasteiger charge is -2.37. The van der Waals surface area contributed by atoms with Crippen molar-refractivity contribution >= 4 is 17.9 Å². The largest absolute Gasteiger partial charge is 0.480 e. The Hall–Kier alpha value is -1.79. The minimum absolute atomic E-state index is 0.173. The number of aliphatic carboxylic acids is 1. The Kier molecular flexibility index (Phi) is 7.08. The summed E-state index contributed by atoms with van der Waals surface area (Å²) in [4.78, 5) is 35.7. The number of hydrogen-bond donors (Lipinski definition) is 4. The van der Waals surface area contributed by atoms with Gasteiger partial charge in [-0.1, -0.05) is 32.6 Å². The van der Waals surface area contributed by atoms with Crippen LogP contribution in [0, 0.1) is 5.92 Å². The van der Waals surface area contributed by atoms with Gasteiger partial charge in [-0.05, 0) is 44.4 Å². The van der Waals surface area contributed by atoms with Crippen LogP contribution in [0.4, 0.5) is 4.79 Å². The summed E-state index contributed by atoms with van der Waals surface area (Å²) in [5.41, 5.74) is -1.19. The van der Waals surface area contributed by atoms with Gasteiger partial charge in [0.2, 0.25) is 5.91 Å². The van der Waals surface area contributed by atoms with Crippen molar-refractivity contribution in [2.45, 2.75) is 82.7 Å². The van der Waals surface area contributed by atoms with Gasteiger partial charge in [-0.2, -0.15) is 0 Å². The zero-order chi connectivity index (χ0) is 18.3. The van der Waals surface area contributed by atoms with E-state index in [9.17, 15) is 19.5 Å². The third kappa shape index (κ3) is 5.61. The average molecular weight is 353 g/mol. The topological polar surface area (TPSA) is 108 Å². The zero-order valence-corrected chi connectivity index (χ0v) is 15.1. The van der Waals surface area contributed by atoms with Crippen LogP contribution in [-0.2, 0) is 9.59 Å².